The van der Waals surface area contributed by atoms with Crippen LogP contribution in [0.5, 0.6) is 0 Å². The number of nitriles is 1. The Morgan fingerprint density at radius 2 is 2.25 bits per heavy atom. The molecule has 0 unspecified atom stereocenters. The van der Waals surface area contributed by atoms with Crippen LogP contribution in [-0.4, -0.2) is 17.8 Å². The number of rotatable bonds is 3. The van der Waals surface area contributed by atoms with E-state index in [0.29, 0.717) is 11.5 Å². The first-order valence-corrected chi connectivity index (χ1v) is 5.62. The van der Waals surface area contributed by atoms with Crippen molar-refractivity contribution in [3.8, 4) is 6.07 Å². The van der Waals surface area contributed by atoms with E-state index in [-0.39, 0.29) is 6.10 Å². The summed E-state index contributed by atoms with van der Waals surface area (Å²) in [5.41, 5.74) is 2.73. The van der Waals surface area contributed by atoms with Crippen LogP contribution in [-0.2, 0) is 0 Å². The molecule has 0 radical (unpaired) electrons. The number of aliphatic hydroxyl groups is 1. The van der Waals surface area contributed by atoms with Crippen LogP contribution in [0.25, 0.3) is 0 Å². The zero-order chi connectivity index (χ0) is 11.5. The highest BCUT2D eigenvalue weighted by atomic mass is 16.3. The number of anilines is 1. The maximum Gasteiger partial charge on any atom is 0.101 e. The molecule has 0 atom stereocenters. The molecule has 1 fully saturated rings. The van der Waals surface area contributed by atoms with Gasteiger partial charge in [0.05, 0.1) is 17.4 Å². The summed E-state index contributed by atoms with van der Waals surface area (Å²) < 4.78 is 0. The van der Waals surface area contributed by atoms with E-state index in [1.54, 1.807) is 0 Å². The van der Waals surface area contributed by atoms with Crippen LogP contribution in [0.2, 0.25) is 0 Å². The Kier molecular flexibility index (Phi) is 3.12. The fraction of sp³-hybridized carbons (Fsp3) is 0.462. The van der Waals surface area contributed by atoms with Gasteiger partial charge in [0.1, 0.15) is 6.07 Å². The van der Waals surface area contributed by atoms with Crippen molar-refractivity contribution in [1.29, 1.82) is 5.26 Å². The molecule has 0 spiro atoms. The predicted molar refractivity (Wildman–Crippen MR) is 63.1 cm³/mol. The summed E-state index contributed by atoms with van der Waals surface area (Å²) in [6.07, 6.45) is 1.64. The molecule has 0 heterocycles. The van der Waals surface area contributed by atoms with Gasteiger partial charge in [-0.25, -0.2) is 0 Å². The lowest BCUT2D eigenvalue weighted by molar-refractivity contribution is 0.0487. The van der Waals surface area contributed by atoms with E-state index in [0.717, 1.165) is 30.6 Å². The SMILES string of the molecule is Cc1cccc(C#N)c1NCC1CC(O)C1. The molecular weight excluding hydrogens is 200 g/mol. The second-order valence-corrected chi connectivity index (χ2v) is 4.48. The van der Waals surface area contributed by atoms with Crippen LogP contribution in [0.4, 0.5) is 5.69 Å². The molecule has 1 aromatic carbocycles. The van der Waals surface area contributed by atoms with E-state index in [1.807, 2.05) is 25.1 Å². The maximum absolute atomic E-state index is 9.19. The van der Waals surface area contributed by atoms with Crippen LogP contribution in [0.1, 0.15) is 24.0 Å². The summed E-state index contributed by atoms with van der Waals surface area (Å²) in [6.45, 7) is 2.84. The van der Waals surface area contributed by atoms with Crippen LogP contribution >= 0.6 is 0 Å². The van der Waals surface area contributed by atoms with Gasteiger partial charge in [-0.1, -0.05) is 12.1 Å². The van der Waals surface area contributed by atoms with Gasteiger partial charge in [0.15, 0.2) is 0 Å². The number of hydrogen-bond donors (Lipinski definition) is 2. The first-order valence-electron chi connectivity index (χ1n) is 5.62. The summed E-state index contributed by atoms with van der Waals surface area (Å²) in [7, 11) is 0. The molecule has 84 valence electrons. The lowest BCUT2D eigenvalue weighted by atomic mass is 9.82. The number of aryl methyl sites for hydroxylation is 1. The third kappa shape index (κ3) is 2.17. The molecule has 1 aliphatic rings. The van der Waals surface area contributed by atoms with E-state index >= 15 is 0 Å². The van der Waals surface area contributed by atoms with Crippen LogP contribution in [0, 0.1) is 24.2 Å². The number of nitrogens with zero attached hydrogens (tertiary/aromatic N) is 1. The first kappa shape index (κ1) is 11.0. The molecule has 0 bridgehead atoms. The molecule has 0 aliphatic heterocycles. The molecule has 1 saturated carbocycles. The van der Waals surface area contributed by atoms with Crippen LogP contribution in [0.15, 0.2) is 18.2 Å². The number of para-hydroxylation sites is 1. The number of benzene rings is 1. The Morgan fingerprint density at radius 1 is 1.50 bits per heavy atom. The highest BCUT2D eigenvalue weighted by Crippen LogP contribution is 2.28. The normalized spacial score (nSPS) is 23.3. The average Bonchev–Trinajstić information content (AvgIpc) is 2.24. The Bertz CT molecular complexity index is 416. The van der Waals surface area contributed by atoms with Gasteiger partial charge in [-0.3, -0.25) is 0 Å². The Balaban J connectivity index is 2.01. The van der Waals surface area contributed by atoms with E-state index < -0.39 is 0 Å². The fourth-order valence-electron chi connectivity index (χ4n) is 2.11. The van der Waals surface area contributed by atoms with E-state index in [9.17, 15) is 5.11 Å². The first-order chi connectivity index (χ1) is 7.70. The topological polar surface area (TPSA) is 56.0 Å². The van der Waals surface area contributed by atoms with Crippen molar-refractivity contribution in [3.05, 3.63) is 29.3 Å². The van der Waals surface area contributed by atoms with Gasteiger partial charge >= 0.3 is 0 Å². The van der Waals surface area contributed by atoms with Crippen molar-refractivity contribution < 1.29 is 5.11 Å². The van der Waals surface area contributed by atoms with Crippen molar-refractivity contribution in [1.82, 2.24) is 0 Å². The highest BCUT2D eigenvalue weighted by molar-refractivity contribution is 5.62. The van der Waals surface area contributed by atoms with Crippen molar-refractivity contribution in [2.45, 2.75) is 25.9 Å². The third-order valence-corrected chi connectivity index (χ3v) is 3.17. The lowest BCUT2D eigenvalue weighted by Gasteiger charge is -2.32. The van der Waals surface area contributed by atoms with Gasteiger partial charge in [-0.2, -0.15) is 5.26 Å². The van der Waals surface area contributed by atoms with E-state index in [2.05, 4.69) is 11.4 Å². The minimum atomic E-state index is -0.112. The summed E-state index contributed by atoms with van der Waals surface area (Å²) in [5.74, 6) is 0.543. The Morgan fingerprint density at radius 3 is 2.88 bits per heavy atom. The molecule has 0 aromatic heterocycles. The van der Waals surface area contributed by atoms with Gasteiger partial charge in [-0.15, -0.1) is 0 Å². The third-order valence-electron chi connectivity index (χ3n) is 3.17. The van der Waals surface area contributed by atoms with Gasteiger partial charge in [0.2, 0.25) is 0 Å². The molecule has 3 heteroatoms. The highest BCUT2D eigenvalue weighted by Gasteiger charge is 2.26. The lowest BCUT2D eigenvalue weighted by Crippen LogP contribution is -2.33. The Hall–Kier alpha value is -1.53. The molecule has 2 N–H and O–H groups in total. The molecule has 1 aromatic rings. The molecule has 2 rings (SSSR count). The van der Waals surface area contributed by atoms with Gasteiger partial charge < -0.3 is 10.4 Å². The van der Waals surface area contributed by atoms with Crippen LogP contribution in [0.3, 0.4) is 0 Å². The number of hydrogen-bond acceptors (Lipinski definition) is 3. The quantitative estimate of drug-likeness (QED) is 0.813. The molecule has 16 heavy (non-hydrogen) atoms. The second kappa shape index (κ2) is 4.54. The zero-order valence-electron chi connectivity index (χ0n) is 9.40. The molecule has 0 saturated heterocycles. The minimum Gasteiger partial charge on any atom is -0.393 e. The van der Waals surface area contributed by atoms with Gasteiger partial charge in [0.25, 0.3) is 0 Å². The number of nitrogens with one attached hydrogen (secondary N) is 1. The van der Waals surface area contributed by atoms with Gasteiger partial charge in [0, 0.05) is 6.54 Å². The summed E-state index contributed by atoms with van der Waals surface area (Å²) in [5, 5.41) is 21.5. The smallest absolute Gasteiger partial charge is 0.101 e. The van der Waals surface area contributed by atoms with Crippen molar-refractivity contribution in [2.75, 3.05) is 11.9 Å². The number of aliphatic hydroxyl groups excluding tert-OH is 1. The van der Waals surface area contributed by atoms with E-state index in [1.165, 1.54) is 0 Å². The molecule has 0 amide bonds. The predicted octanol–water partition coefficient (Wildman–Crippen LogP) is 2.05. The summed E-state index contributed by atoms with van der Waals surface area (Å²) in [6, 6.07) is 7.91. The largest absolute Gasteiger partial charge is 0.393 e. The van der Waals surface area contributed by atoms with Crippen molar-refractivity contribution in [3.63, 3.8) is 0 Å². The molecular formula is C13H16N2O. The standard InChI is InChI=1S/C13H16N2O/c1-9-3-2-4-11(7-14)13(9)15-8-10-5-12(16)6-10/h2-4,10,12,15-16H,5-6,8H2,1H3. The fourth-order valence-corrected chi connectivity index (χ4v) is 2.11. The average molecular weight is 216 g/mol. The van der Waals surface area contributed by atoms with Gasteiger partial charge in [-0.05, 0) is 37.3 Å². The van der Waals surface area contributed by atoms with Crippen LogP contribution < -0.4 is 5.32 Å². The maximum atomic E-state index is 9.19. The Labute approximate surface area is 95.7 Å². The zero-order valence-corrected chi connectivity index (χ0v) is 9.40. The summed E-state index contributed by atoms with van der Waals surface area (Å²) >= 11 is 0. The minimum absolute atomic E-state index is 0.112. The molecule has 3 nitrogen and oxygen atoms in total. The molecule has 1 aliphatic carbocycles. The van der Waals surface area contributed by atoms with E-state index in [4.69, 9.17) is 5.26 Å². The monoisotopic (exact) mass is 216 g/mol. The van der Waals surface area contributed by atoms with Crippen molar-refractivity contribution in [2.24, 2.45) is 5.92 Å². The second-order valence-electron chi connectivity index (χ2n) is 4.48. The summed E-state index contributed by atoms with van der Waals surface area (Å²) in [4.78, 5) is 0. The van der Waals surface area contributed by atoms with Crippen molar-refractivity contribution >= 4 is 5.69 Å².